The number of halogens is 4. The molecule has 0 aliphatic heterocycles. The maximum Gasteiger partial charge on any atom is 0.266 e. The lowest BCUT2D eigenvalue weighted by atomic mass is 10.1. The van der Waals surface area contributed by atoms with E-state index >= 15 is 0 Å². The van der Waals surface area contributed by atoms with Crippen LogP contribution in [0.1, 0.15) is 18.1 Å². The van der Waals surface area contributed by atoms with Gasteiger partial charge in [0.25, 0.3) is 5.91 Å². The fourth-order valence-corrected chi connectivity index (χ4v) is 3.82. The van der Waals surface area contributed by atoms with Crippen LogP contribution in [0.15, 0.2) is 64.6 Å². The lowest BCUT2D eigenvalue weighted by Gasteiger charge is -2.15. The lowest BCUT2D eigenvalue weighted by molar-refractivity contribution is -0.112. The Morgan fingerprint density at radius 1 is 1.03 bits per heavy atom. The van der Waals surface area contributed by atoms with E-state index in [1.165, 1.54) is 12.1 Å². The van der Waals surface area contributed by atoms with E-state index in [-0.39, 0.29) is 12.2 Å². The van der Waals surface area contributed by atoms with Crippen LogP contribution in [0.2, 0.25) is 15.1 Å². The van der Waals surface area contributed by atoms with E-state index < -0.39 is 5.91 Å². The van der Waals surface area contributed by atoms with Crippen molar-refractivity contribution in [3.63, 3.8) is 0 Å². The summed E-state index contributed by atoms with van der Waals surface area (Å²) in [6.45, 7) is 2.49. The minimum atomic E-state index is -0.593. The van der Waals surface area contributed by atoms with Crippen LogP contribution in [0.4, 0.5) is 5.69 Å². The van der Waals surface area contributed by atoms with E-state index in [1.807, 2.05) is 31.2 Å². The van der Waals surface area contributed by atoms with Gasteiger partial charge in [-0.25, -0.2) is 0 Å². The predicted octanol–water partition coefficient (Wildman–Crippen LogP) is 7.93. The molecule has 0 atom stereocenters. The Morgan fingerprint density at radius 3 is 2.44 bits per heavy atom. The fraction of sp³-hybridized carbons (Fsp3) is 0.120. The average molecular weight is 581 g/mol. The van der Waals surface area contributed by atoms with Gasteiger partial charge in [0.1, 0.15) is 18.2 Å². The number of ether oxygens (including phenoxy) is 2. The average Bonchev–Trinajstić information content (AvgIpc) is 2.81. The molecule has 5 nitrogen and oxygen atoms in total. The fourth-order valence-electron chi connectivity index (χ4n) is 2.89. The summed E-state index contributed by atoms with van der Waals surface area (Å²) >= 11 is 21.6. The summed E-state index contributed by atoms with van der Waals surface area (Å²) in [5.74, 6) is 0.362. The van der Waals surface area contributed by atoms with Crippen LogP contribution >= 0.6 is 50.7 Å². The molecule has 3 aromatic rings. The van der Waals surface area contributed by atoms with E-state index in [4.69, 9.17) is 44.3 Å². The lowest BCUT2D eigenvalue weighted by Crippen LogP contribution is -2.13. The zero-order valence-corrected chi connectivity index (χ0v) is 21.7. The second-order valence-electron chi connectivity index (χ2n) is 6.89. The van der Waals surface area contributed by atoms with Gasteiger partial charge in [-0.3, -0.25) is 4.79 Å². The molecule has 3 aromatic carbocycles. The molecule has 0 radical (unpaired) electrons. The first kappa shape index (κ1) is 25.9. The summed E-state index contributed by atoms with van der Waals surface area (Å²) in [6, 6.07) is 17.4. The number of nitrogens with zero attached hydrogens (tertiary/aromatic N) is 1. The molecule has 0 fully saturated rings. The first-order valence-electron chi connectivity index (χ1n) is 10.0. The number of rotatable bonds is 8. The van der Waals surface area contributed by atoms with Crippen LogP contribution in [0.3, 0.4) is 0 Å². The number of amides is 1. The summed E-state index contributed by atoms with van der Waals surface area (Å²) < 4.78 is 12.3. The minimum Gasteiger partial charge on any atom is -0.490 e. The van der Waals surface area contributed by atoms with Crippen LogP contribution < -0.4 is 14.8 Å². The van der Waals surface area contributed by atoms with E-state index in [0.717, 1.165) is 5.56 Å². The third-order valence-electron chi connectivity index (χ3n) is 4.55. The number of nitrogens with one attached hydrogen (secondary N) is 1. The third kappa shape index (κ3) is 6.68. The van der Waals surface area contributed by atoms with Crippen molar-refractivity contribution in [1.29, 1.82) is 5.26 Å². The van der Waals surface area contributed by atoms with Gasteiger partial charge >= 0.3 is 0 Å². The Kier molecular flexibility index (Phi) is 9.26. The molecule has 0 saturated carbocycles. The van der Waals surface area contributed by atoms with Crippen LogP contribution in [0, 0.1) is 11.3 Å². The summed E-state index contributed by atoms with van der Waals surface area (Å²) in [6.07, 6.45) is 1.46. The molecule has 34 heavy (non-hydrogen) atoms. The summed E-state index contributed by atoms with van der Waals surface area (Å²) in [5, 5.41) is 13.5. The Balaban J connectivity index is 1.86. The van der Waals surface area contributed by atoms with Crippen molar-refractivity contribution in [3.05, 3.63) is 90.8 Å². The standard InChI is InChI=1S/C25H18BrCl3N2O3/c1-2-33-23-10-16(19(26)12-24(23)34-14-15-5-3-4-6-20(15)27)9-17(13-30)25(32)31-18-7-8-21(28)22(29)11-18/h3-12H,2,14H2,1H3,(H,31,32)/b17-9+. The Bertz CT molecular complexity index is 1290. The van der Waals surface area contributed by atoms with E-state index in [0.29, 0.717) is 48.9 Å². The molecule has 0 aliphatic carbocycles. The molecule has 0 spiro atoms. The van der Waals surface area contributed by atoms with Gasteiger partial charge in [-0.1, -0.05) is 68.9 Å². The number of carbonyl (C=O) groups excluding carboxylic acids is 1. The molecule has 3 rings (SSSR count). The zero-order valence-electron chi connectivity index (χ0n) is 17.9. The number of carbonyl (C=O) groups is 1. The second kappa shape index (κ2) is 12.1. The monoisotopic (exact) mass is 578 g/mol. The van der Waals surface area contributed by atoms with Gasteiger partial charge in [0, 0.05) is 20.7 Å². The van der Waals surface area contributed by atoms with Gasteiger partial charge in [-0.2, -0.15) is 5.26 Å². The second-order valence-corrected chi connectivity index (χ2v) is 8.96. The van der Waals surface area contributed by atoms with Crippen molar-refractivity contribution in [1.82, 2.24) is 0 Å². The van der Waals surface area contributed by atoms with Crippen molar-refractivity contribution >= 4 is 68.4 Å². The topological polar surface area (TPSA) is 71.3 Å². The quantitative estimate of drug-likeness (QED) is 0.217. The molecule has 0 unspecified atom stereocenters. The SMILES string of the molecule is CCOc1cc(/C=C(\C#N)C(=O)Nc2ccc(Cl)c(Cl)c2)c(Br)cc1OCc1ccccc1Cl. The molecule has 1 amide bonds. The van der Waals surface area contributed by atoms with Crippen molar-refractivity contribution < 1.29 is 14.3 Å². The highest BCUT2D eigenvalue weighted by molar-refractivity contribution is 9.10. The van der Waals surface area contributed by atoms with Gasteiger partial charge in [-0.15, -0.1) is 0 Å². The van der Waals surface area contributed by atoms with Crippen LogP contribution in [-0.2, 0) is 11.4 Å². The summed E-state index contributed by atoms with van der Waals surface area (Å²) in [4.78, 5) is 12.7. The number of hydrogen-bond donors (Lipinski definition) is 1. The molecule has 0 saturated heterocycles. The van der Waals surface area contributed by atoms with Gasteiger partial charge in [-0.05, 0) is 55.0 Å². The maximum absolute atomic E-state index is 12.7. The molecule has 1 N–H and O–H groups in total. The van der Waals surface area contributed by atoms with Crippen molar-refractivity contribution in [3.8, 4) is 17.6 Å². The van der Waals surface area contributed by atoms with Crippen LogP contribution in [0.25, 0.3) is 6.08 Å². The Hall–Kier alpha value is -2.69. The van der Waals surface area contributed by atoms with Crippen molar-refractivity contribution in [2.45, 2.75) is 13.5 Å². The molecular weight excluding hydrogens is 563 g/mol. The molecular formula is C25H18BrCl3N2O3. The molecule has 0 aromatic heterocycles. The first-order valence-corrected chi connectivity index (χ1v) is 12.0. The highest BCUT2D eigenvalue weighted by Crippen LogP contribution is 2.36. The Morgan fingerprint density at radius 2 is 1.76 bits per heavy atom. The number of nitriles is 1. The molecule has 0 aliphatic rings. The number of hydrogen-bond acceptors (Lipinski definition) is 4. The van der Waals surface area contributed by atoms with Crippen LogP contribution in [-0.4, -0.2) is 12.5 Å². The molecule has 174 valence electrons. The van der Waals surface area contributed by atoms with Gasteiger partial charge in [0.2, 0.25) is 0 Å². The first-order chi connectivity index (χ1) is 16.3. The summed E-state index contributed by atoms with van der Waals surface area (Å²) in [5.41, 5.74) is 1.70. The largest absolute Gasteiger partial charge is 0.490 e. The van der Waals surface area contributed by atoms with E-state index in [2.05, 4.69) is 21.2 Å². The summed E-state index contributed by atoms with van der Waals surface area (Å²) in [7, 11) is 0. The molecule has 0 bridgehead atoms. The van der Waals surface area contributed by atoms with E-state index in [9.17, 15) is 10.1 Å². The van der Waals surface area contributed by atoms with Gasteiger partial charge < -0.3 is 14.8 Å². The molecule has 0 heterocycles. The Labute approximate surface area is 221 Å². The highest BCUT2D eigenvalue weighted by atomic mass is 79.9. The number of anilines is 1. The third-order valence-corrected chi connectivity index (χ3v) is 6.34. The minimum absolute atomic E-state index is 0.112. The highest BCUT2D eigenvalue weighted by Gasteiger charge is 2.15. The van der Waals surface area contributed by atoms with Crippen molar-refractivity contribution in [2.75, 3.05) is 11.9 Å². The predicted molar refractivity (Wildman–Crippen MR) is 140 cm³/mol. The maximum atomic E-state index is 12.7. The van der Waals surface area contributed by atoms with Gasteiger partial charge in [0.15, 0.2) is 11.5 Å². The number of benzene rings is 3. The van der Waals surface area contributed by atoms with Crippen molar-refractivity contribution in [2.24, 2.45) is 0 Å². The normalized spacial score (nSPS) is 11.0. The van der Waals surface area contributed by atoms with Crippen LogP contribution in [0.5, 0.6) is 11.5 Å². The molecule has 9 heteroatoms. The zero-order chi connectivity index (χ0) is 24.7. The van der Waals surface area contributed by atoms with E-state index in [1.54, 1.807) is 30.3 Å². The smallest absolute Gasteiger partial charge is 0.266 e. The van der Waals surface area contributed by atoms with Gasteiger partial charge in [0.05, 0.1) is 16.7 Å².